The Morgan fingerprint density at radius 2 is 2.06 bits per heavy atom. The summed E-state index contributed by atoms with van der Waals surface area (Å²) < 4.78 is 35.9. The molecule has 0 atom stereocenters. The summed E-state index contributed by atoms with van der Waals surface area (Å²) in [7, 11) is 0. The van der Waals surface area contributed by atoms with E-state index >= 15 is 0 Å². The molecular weight excluding hydrogens is 235 g/mol. The van der Waals surface area contributed by atoms with Gasteiger partial charge in [-0.3, -0.25) is 0 Å². The van der Waals surface area contributed by atoms with E-state index in [0.717, 1.165) is 0 Å². The highest BCUT2D eigenvalue weighted by molar-refractivity contribution is 5.95. The zero-order valence-corrected chi connectivity index (χ0v) is 9.14. The molecule has 0 radical (unpaired) electrons. The first-order chi connectivity index (χ1) is 7.81. The lowest BCUT2D eigenvalue weighted by Gasteiger charge is -2.13. The highest BCUT2D eigenvalue weighted by Crippen LogP contribution is 2.23. The Hall–Kier alpha value is -1.72. The first-order valence-corrected chi connectivity index (χ1v) is 4.95. The van der Waals surface area contributed by atoms with Gasteiger partial charge in [0, 0.05) is 6.54 Å². The van der Waals surface area contributed by atoms with E-state index < -0.39 is 18.6 Å². The predicted molar refractivity (Wildman–Crippen MR) is 57.3 cm³/mol. The third-order valence-corrected chi connectivity index (χ3v) is 2.21. The third-order valence-electron chi connectivity index (χ3n) is 2.21. The highest BCUT2D eigenvalue weighted by Gasteiger charge is 2.26. The Kier molecular flexibility index (Phi) is 3.98. The Morgan fingerprint density at radius 1 is 1.41 bits per heavy atom. The van der Waals surface area contributed by atoms with Gasteiger partial charge in [-0.1, -0.05) is 12.1 Å². The Bertz CT molecular complexity index is 416. The molecule has 1 aromatic carbocycles. The van der Waals surface area contributed by atoms with Gasteiger partial charge in [0.15, 0.2) is 0 Å². The smallest absolute Gasteiger partial charge is 0.390 e. The van der Waals surface area contributed by atoms with Crippen molar-refractivity contribution in [2.75, 3.05) is 11.9 Å². The largest absolute Gasteiger partial charge is 0.478 e. The molecule has 17 heavy (non-hydrogen) atoms. The zero-order chi connectivity index (χ0) is 13.1. The van der Waals surface area contributed by atoms with Crippen molar-refractivity contribution in [2.24, 2.45) is 0 Å². The molecule has 94 valence electrons. The third kappa shape index (κ3) is 3.97. The monoisotopic (exact) mass is 247 g/mol. The number of benzene rings is 1. The van der Waals surface area contributed by atoms with Crippen LogP contribution < -0.4 is 5.32 Å². The van der Waals surface area contributed by atoms with Crippen LogP contribution in [0.4, 0.5) is 18.9 Å². The number of hydrogen-bond donors (Lipinski definition) is 2. The van der Waals surface area contributed by atoms with Crippen LogP contribution in [0.5, 0.6) is 0 Å². The molecule has 0 aliphatic rings. The van der Waals surface area contributed by atoms with Crippen LogP contribution in [0.1, 0.15) is 22.3 Å². The van der Waals surface area contributed by atoms with Crippen molar-refractivity contribution < 1.29 is 23.1 Å². The summed E-state index contributed by atoms with van der Waals surface area (Å²) in [6.07, 6.45) is -5.25. The lowest BCUT2D eigenvalue weighted by molar-refractivity contribution is -0.131. The lowest BCUT2D eigenvalue weighted by Crippen LogP contribution is -2.16. The number of aryl methyl sites for hydroxylation is 1. The second-order valence-electron chi connectivity index (χ2n) is 3.59. The first-order valence-electron chi connectivity index (χ1n) is 4.95. The maximum atomic E-state index is 12.0. The number of alkyl halides is 3. The number of rotatable bonds is 4. The molecule has 0 bridgehead atoms. The molecule has 0 saturated heterocycles. The maximum absolute atomic E-state index is 12.0. The molecule has 0 amide bonds. The second-order valence-corrected chi connectivity index (χ2v) is 3.59. The number of aromatic carboxylic acids is 1. The van der Waals surface area contributed by atoms with Gasteiger partial charge in [-0.05, 0) is 18.6 Å². The van der Waals surface area contributed by atoms with E-state index in [-0.39, 0.29) is 17.8 Å². The molecule has 0 heterocycles. The standard InChI is InChI=1S/C11H12F3NO2/c1-7-3-2-4-8(10(16)17)9(7)15-6-5-11(12,13)14/h2-4,15H,5-6H2,1H3,(H,16,17). The van der Waals surface area contributed by atoms with E-state index in [4.69, 9.17) is 5.11 Å². The first kappa shape index (κ1) is 13.3. The zero-order valence-electron chi connectivity index (χ0n) is 9.14. The van der Waals surface area contributed by atoms with Crippen LogP contribution in [0, 0.1) is 6.92 Å². The van der Waals surface area contributed by atoms with E-state index in [0.29, 0.717) is 5.56 Å². The minimum Gasteiger partial charge on any atom is -0.478 e. The summed E-state index contributed by atoms with van der Waals surface area (Å²) in [5.41, 5.74) is 0.823. The normalized spacial score (nSPS) is 11.3. The van der Waals surface area contributed by atoms with Crippen LogP contribution in [-0.4, -0.2) is 23.8 Å². The minimum absolute atomic E-state index is 0.0211. The van der Waals surface area contributed by atoms with Crippen molar-refractivity contribution in [3.05, 3.63) is 29.3 Å². The molecule has 6 heteroatoms. The van der Waals surface area contributed by atoms with E-state index in [2.05, 4.69) is 5.32 Å². The maximum Gasteiger partial charge on any atom is 0.390 e. The summed E-state index contributed by atoms with van der Waals surface area (Å²) in [6, 6.07) is 4.54. The number of hydrogen-bond acceptors (Lipinski definition) is 2. The molecule has 0 unspecified atom stereocenters. The summed E-state index contributed by atoms with van der Waals surface area (Å²) >= 11 is 0. The molecule has 2 N–H and O–H groups in total. The van der Waals surface area contributed by atoms with Gasteiger partial charge in [0.1, 0.15) is 0 Å². The van der Waals surface area contributed by atoms with E-state index in [1.54, 1.807) is 19.1 Å². The van der Waals surface area contributed by atoms with Gasteiger partial charge in [-0.15, -0.1) is 0 Å². The van der Waals surface area contributed by atoms with Crippen molar-refractivity contribution in [2.45, 2.75) is 19.5 Å². The van der Waals surface area contributed by atoms with Gasteiger partial charge in [-0.25, -0.2) is 4.79 Å². The predicted octanol–water partition coefficient (Wildman–Crippen LogP) is 3.06. The van der Waals surface area contributed by atoms with Gasteiger partial charge in [0.25, 0.3) is 0 Å². The van der Waals surface area contributed by atoms with Gasteiger partial charge in [0.2, 0.25) is 0 Å². The van der Waals surface area contributed by atoms with Crippen LogP contribution in [0.15, 0.2) is 18.2 Å². The molecule has 0 aliphatic carbocycles. The molecule has 3 nitrogen and oxygen atoms in total. The molecule has 0 aliphatic heterocycles. The second kappa shape index (κ2) is 5.07. The summed E-state index contributed by atoms with van der Waals surface area (Å²) in [5, 5.41) is 11.4. The van der Waals surface area contributed by atoms with Gasteiger partial charge < -0.3 is 10.4 Å². The quantitative estimate of drug-likeness (QED) is 0.859. The van der Waals surface area contributed by atoms with E-state index in [1.165, 1.54) is 6.07 Å². The summed E-state index contributed by atoms with van der Waals surface area (Å²) in [6.45, 7) is 1.30. The van der Waals surface area contributed by atoms with Crippen LogP contribution in [-0.2, 0) is 0 Å². The number of anilines is 1. The van der Waals surface area contributed by atoms with Crippen LogP contribution in [0.25, 0.3) is 0 Å². The Balaban J connectivity index is 2.79. The lowest BCUT2D eigenvalue weighted by atomic mass is 10.1. The number of carbonyl (C=O) groups is 1. The molecule has 1 rings (SSSR count). The Morgan fingerprint density at radius 3 is 2.59 bits per heavy atom. The Labute approximate surface area is 96.3 Å². The molecular formula is C11H12F3NO2. The number of carboxylic acids is 1. The summed E-state index contributed by atoms with van der Waals surface area (Å²) in [5.74, 6) is -1.16. The van der Waals surface area contributed by atoms with Crippen molar-refractivity contribution in [1.82, 2.24) is 0 Å². The average Bonchev–Trinajstić information content (AvgIpc) is 2.18. The SMILES string of the molecule is Cc1cccc(C(=O)O)c1NCCC(F)(F)F. The van der Waals surface area contributed by atoms with Gasteiger partial charge in [-0.2, -0.15) is 13.2 Å². The van der Waals surface area contributed by atoms with E-state index in [1.807, 2.05) is 0 Å². The van der Waals surface area contributed by atoms with Crippen LogP contribution >= 0.6 is 0 Å². The number of carboxylic acid groups (broad SMARTS) is 1. The molecule has 1 aromatic rings. The topological polar surface area (TPSA) is 49.3 Å². The minimum atomic E-state index is -4.25. The van der Waals surface area contributed by atoms with Crippen LogP contribution in [0.2, 0.25) is 0 Å². The van der Waals surface area contributed by atoms with Crippen molar-refractivity contribution in [1.29, 1.82) is 0 Å². The van der Waals surface area contributed by atoms with Crippen molar-refractivity contribution in [3.8, 4) is 0 Å². The van der Waals surface area contributed by atoms with Crippen molar-refractivity contribution >= 4 is 11.7 Å². The number of nitrogens with one attached hydrogen (secondary N) is 1. The average molecular weight is 247 g/mol. The van der Waals surface area contributed by atoms with Gasteiger partial charge in [0.05, 0.1) is 17.7 Å². The van der Waals surface area contributed by atoms with Crippen molar-refractivity contribution in [3.63, 3.8) is 0 Å². The van der Waals surface area contributed by atoms with Gasteiger partial charge >= 0.3 is 12.1 Å². The van der Waals surface area contributed by atoms with E-state index in [9.17, 15) is 18.0 Å². The fraction of sp³-hybridized carbons (Fsp3) is 0.364. The fourth-order valence-corrected chi connectivity index (χ4v) is 1.41. The number of para-hydroxylation sites is 1. The molecule has 0 aromatic heterocycles. The molecule has 0 spiro atoms. The fourth-order valence-electron chi connectivity index (χ4n) is 1.41. The molecule has 0 fully saturated rings. The highest BCUT2D eigenvalue weighted by atomic mass is 19.4. The number of halogens is 3. The summed E-state index contributed by atoms with van der Waals surface area (Å²) in [4.78, 5) is 10.9. The van der Waals surface area contributed by atoms with Crippen LogP contribution in [0.3, 0.4) is 0 Å². The molecule has 0 saturated carbocycles.